The molecule has 0 heterocycles. The smallest absolute Gasteiger partial charge is 0.220 e. The van der Waals surface area contributed by atoms with Gasteiger partial charge in [-0.1, -0.05) is 40.0 Å². The summed E-state index contributed by atoms with van der Waals surface area (Å²) in [4.78, 5) is 12.1. The summed E-state index contributed by atoms with van der Waals surface area (Å²) in [5.41, 5.74) is -0.440. The molecule has 0 saturated heterocycles. The van der Waals surface area contributed by atoms with Crippen molar-refractivity contribution in [2.45, 2.75) is 98.0 Å². The largest absolute Gasteiger partial charge is 0.390 e. The summed E-state index contributed by atoms with van der Waals surface area (Å²) in [7, 11) is 0. The van der Waals surface area contributed by atoms with Gasteiger partial charge in [-0.25, -0.2) is 0 Å². The molecule has 1 aliphatic rings. The Labute approximate surface area is 143 Å². The summed E-state index contributed by atoms with van der Waals surface area (Å²) in [5, 5.41) is 13.0. The predicted octanol–water partition coefficient (Wildman–Crippen LogP) is 4.68. The normalized spacial score (nSPS) is 22.9. The lowest BCUT2D eigenvalue weighted by atomic mass is 9.79. The van der Waals surface area contributed by atoms with E-state index in [1.165, 1.54) is 32.1 Å². The van der Waals surface area contributed by atoms with Crippen molar-refractivity contribution in [3.05, 3.63) is 0 Å². The highest BCUT2D eigenvalue weighted by molar-refractivity contribution is 5.76. The topological polar surface area (TPSA) is 49.3 Å². The molecule has 0 aromatic heterocycles. The van der Waals surface area contributed by atoms with Gasteiger partial charge < -0.3 is 10.4 Å². The lowest BCUT2D eigenvalue weighted by molar-refractivity contribution is -0.122. The van der Waals surface area contributed by atoms with E-state index in [0.717, 1.165) is 31.7 Å². The molecule has 0 aliphatic heterocycles. The molecule has 0 aromatic carbocycles. The van der Waals surface area contributed by atoms with Gasteiger partial charge in [0, 0.05) is 13.0 Å². The highest BCUT2D eigenvalue weighted by atomic mass is 16.3. The summed E-state index contributed by atoms with van der Waals surface area (Å²) in [6.07, 6.45) is 9.81. The summed E-state index contributed by atoms with van der Waals surface area (Å²) in [5.74, 6) is 1.72. The number of hydrogen-bond acceptors (Lipinski definition) is 2. The van der Waals surface area contributed by atoms with Crippen molar-refractivity contribution in [3.8, 4) is 0 Å². The fourth-order valence-electron chi connectivity index (χ4n) is 3.49. The van der Waals surface area contributed by atoms with Crippen LogP contribution in [0.2, 0.25) is 0 Å². The highest BCUT2D eigenvalue weighted by Crippen LogP contribution is 2.32. The fourth-order valence-corrected chi connectivity index (χ4v) is 3.49. The lowest BCUT2D eigenvalue weighted by Crippen LogP contribution is -2.31. The van der Waals surface area contributed by atoms with Crippen LogP contribution in [0.4, 0.5) is 0 Å². The first-order valence-corrected chi connectivity index (χ1v) is 9.60. The Morgan fingerprint density at radius 3 is 2.09 bits per heavy atom. The van der Waals surface area contributed by atoms with Crippen molar-refractivity contribution in [1.82, 2.24) is 5.32 Å². The average molecular weight is 326 g/mol. The Kier molecular flexibility index (Phi) is 8.06. The maximum atomic E-state index is 12.1. The second-order valence-electron chi connectivity index (χ2n) is 9.08. The van der Waals surface area contributed by atoms with Crippen molar-refractivity contribution in [3.63, 3.8) is 0 Å². The van der Waals surface area contributed by atoms with E-state index in [0.29, 0.717) is 12.3 Å². The maximum Gasteiger partial charge on any atom is 0.220 e. The molecule has 3 nitrogen and oxygen atoms in total. The van der Waals surface area contributed by atoms with Gasteiger partial charge in [0.25, 0.3) is 0 Å². The number of rotatable bonds is 9. The minimum Gasteiger partial charge on any atom is -0.390 e. The number of carbonyl (C=O) groups is 1. The molecule has 0 aromatic rings. The fraction of sp³-hybridized carbons (Fsp3) is 0.950. The first-order chi connectivity index (χ1) is 10.6. The monoisotopic (exact) mass is 325 g/mol. The number of hydrogen-bond donors (Lipinski definition) is 2. The Hall–Kier alpha value is -0.570. The zero-order valence-electron chi connectivity index (χ0n) is 16.1. The van der Waals surface area contributed by atoms with Crippen molar-refractivity contribution in [2.24, 2.45) is 17.3 Å². The van der Waals surface area contributed by atoms with Crippen LogP contribution in [0.15, 0.2) is 0 Å². The van der Waals surface area contributed by atoms with Crippen LogP contribution < -0.4 is 5.32 Å². The Bertz CT molecular complexity index is 349. The zero-order valence-corrected chi connectivity index (χ0v) is 16.1. The zero-order chi connectivity index (χ0) is 17.5. The van der Waals surface area contributed by atoms with Gasteiger partial charge in [-0.15, -0.1) is 0 Å². The van der Waals surface area contributed by atoms with Crippen molar-refractivity contribution < 1.29 is 9.90 Å². The van der Waals surface area contributed by atoms with Gasteiger partial charge in [0.1, 0.15) is 0 Å². The molecule has 0 atom stereocenters. The van der Waals surface area contributed by atoms with E-state index >= 15 is 0 Å². The molecule has 1 aliphatic carbocycles. The van der Waals surface area contributed by atoms with Crippen LogP contribution in [-0.2, 0) is 4.79 Å². The molecular weight excluding hydrogens is 286 g/mol. The molecule has 0 radical (unpaired) electrons. The Morgan fingerprint density at radius 2 is 1.57 bits per heavy atom. The van der Waals surface area contributed by atoms with Crippen molar-refractivity contribution >= 4 is 5.91 Å². The number of amides is 1. The first-order valence-electron chi connectivity index (χ1n) is 9.60. The van der Waals surface area contributed by atoms with Crippen LogP contribution in [0.1, 0.15) is 92.4 Å². The van der Waals surface area contributed by atoms with Gasteiger partial charge in [-0.3, -0.25) is 4.79 Å². The molecule has 0 unspecified atom stereocenters. The van der Waals surface area contributed by atoms with Crippen LogP contribution in [-0.4, -0.2) is 23.2 Å². The van der Waals surface area contributed by atoms with Gasteiger partial charge >= 0.3 is 0 Å². The summed E-state index contributed by atoms with van der Waals surface area (Å²) >= 11 is 0. The molecule has 23 heavy (non-hydrogen) atoms. The van der Waals surface area contributed by atoms with Gasteiger partial charge in [0.15, 0.2) is 0 Å². The second-order valence-corrected chi connectivity index (χ2v) is 9.08. The summed E-state index contributed by atoms with van der Waals surface area (Å²) < 4.78 is 0. The van der Waals surface area contributed by atoms with E-state index in [1.54, 1.807) is 0 Å². The Balaban J connectivity index is 2.18. The van der Waals surface area contributed by atoms with E-state index in [9.17, 15) is 9.90 Å². The maximum absolute atomic E-state index is 12.1. The Morgan fingerprint density at radius 1 is 1.00 bits per heavy atom. The lowest BCUT2D eigenvalue weighted by Gasteiger charge is -2.29. The van der Waals surface area contributed by atoms with Crippen LogP contribution in [0.3, 0.4) is 0 Å². The standard InChI is InChI=1S/C20H39NO2/c1-6-16-7-9-17(10-8-16)15-18(22)21-14-13-19(2,3)11-12-20(4,5)23/h16-17,23H,6-15H2,1-5H3,(H,21,22). The van der Waals surface area contributed by atoms with Gasteiger partial charge in [-0.2, -0.15) is 0 Å². The third-order valence-electron chi connectivity index (χ3n) is 5.56. The predicted molar refractivity (Wildman–Crippen MR) is 97.3 cm³/mol. The third-order valence-corrected chi connectivity index (χ3v) is 5.56. The molecule has 2 N–H and O–H groups in total. The van der Waals surface area contributed by atoms with Crippen LogP contribution >= 0.6 is 0 Å². The molecular formula is C20H39NO2. The van der Waals surface area contributed by atoms with E-state index in [-0.39, 0.29) is 11.3 Å². The van der Waals surface area contributed by atoms with Crippen LogP contribution in [0.25, 0.3) is 0 Å². The first kappa shape index (κ1) is 20.5. The number of aliphatic hydroxyl groups is 1. The quantitative estimate of drug-likeness (QED) is 0.647. The molecule has 0 spiro atoms. The molecule has 136 valence electrons. The van der Waals surface area contributed by atoms with Crippen LogP contribution in [0.5, 0.6) is 0 Å². The highest BCUT2D eigenvalue weighted by Gasteiger charge is 2.24. The van der Waals surface area contributed by atoms with Crippen LogP contribution in [0, 0.1) is 17.3 Å². The molecule has 1 saturated carbocycles. The minimum atomic E-state index is -0.599. The van der Waals surface area contributed by atoms with E-state index in [4.69, 9.17) is 0 Å². The third kappa shape index (κ3) is 9.34. The van der Waals surface area contributed by atoms with E-state index in [2.05, 4.69) is 26.1 Å². The number of carbonyl (C=O) groups excluding carboxylic acids is 1. The molecule has 3 heteroatoms. The van der Waals surface area contributed by atoms with Gasteiger partial charge in [-0.05, 0) is 63.2 Å². The summed E-state index contributed by atoms with van der Waals surface area (Å²) in [6.45, 7) is 11.2. The SMILES string of the molecule is CCC1CCC(CC(=O)NCCC(C)(C)CCC(C)(C)O)CC1. The minimum absolute atomic E-state index is 0.159. The average Bonchev–Trinajstić information content (AvgIpc) is 2.45. The van der Waals surface area contributed by atoms with E-state index in [1.807, 2.05) is 13.8 Å². The van der Waals surface area contributed by atoms with Gasteiger partial charge in [0.05, 0.1) is 5.60 Å². The number of nitrogens with one attached hydrogen (secondary N) is 1. The van der Waals surface area contributed by atoms with Gasteiger partial charge in [0.2, 0.25) is 5.91 Å². The molecule has 1 fully saturated rings. The molecule has 1 amide bonds. The van der Waals surface area contributed by atoms with E-state index < -0.39 is 5.60 Å². The molecule has 0 bridgehead atoms. The van der Waals surface area contributed by atoms with Crippen molar-refractivity contribution in [2.75, 3.05) is 6.54 Å². The van der Waals surface area contributed by atoms with Crippen molar-refractivity contribution in [1.29, 1.82) is 0 Å². The summed E-state index contributed by atoms with van der Waals surface area (Å²) in [6, 6.07) is 0. The second kappa shape index (κ2) is 9.05. The molecule has 1 rings (SSSR count).